The molecule has 2 nitrogen and oxygen atoms in total. The molecule has 1 fully saturated rings. The van der Waals surface area contributed by atoms with E-state index in [0.717, 1.165) is 23.1 Å². The molecule has 0 saturated carbocycles. The van der Waals surface area contributed by atoms with Gasteiger partial charge in [-0.3, -0.25) is 0 Å². The van der Waals surface area contributed by atoms with Crippen molar-refractivity contribution in [2.24, 2.45) is 0 Å². The Balaban J connectivity index is 2.42. The summed E-state index contributed by atoms with van der Waals surface area (Å²) >= 11 is 3.68. The molecule has 1 aliphatic rings. The summed E-state index contributed by atoms with van der Waals surface area (Å²) < 4.78 is 1.14. The molecular formula is C14H21BrN2. The third-order valence-corrected chi connectivity index (χ3v) is 4.24. The Labute approximate surface area is 112 Å². The maximum Gasteiger partial charge on any atom is 0.0547 e. The molecular weight excluding hydrogens is 276 g/mol. The molecule has 0 amide bonds. The second-order valence-electron chi connectivity index (χ2n) is 4.90. The fourth-order valence-corrected chi connectivity index (χ4v) is 3.45. The van der Waals surface area contributed by atoms with Crippen molar-refractivity contribution in [2.75, 3.05) is 17.2 Å². The number of benzene rings is 1. The maximum absolute atomic E-state index is 5.92. The van der Waals surface area contributed by atoms with E-state index < -0.39 is 0 Å². The molecule has 94 valence electrons. The molecule has 1 aromatic rings. The van der Waals surface area contributed by atoms with Crippen LogP contribution in [0.15, 0.2) is 16.6 Å². The lowest BCUT2D eigenvalue weighted by Gasteiger charge is -2.37. The van der Waals surface area contributed by atoms with Crippen LogP contribution in [-0.4, -0.2) is 12.6 Å². The SMILES string of the molecule is CCc1cc(N)cc(Br)c1N1CCCCC1C. The number of nitrogens with zero attached hydrogens (tertiary/aromatic N) is 1. The average Bonchev–Trinajstić information content (AvgIpc) is 2.29. The van der Waals surface area contributed by atoms with Gasteiger partial charge < -0.3 is 10.6 Å². The van der Waals surface area contributed by atoms with E-state index in [9.17, 15) is 0 Å². The Hall–Kier alpha value is -0.700. The van der Waals surface area contributed by atoms with E-state index >= 15 is 0 Å². The predicted octanol–water partition coefficient (Wildman–Crippen LogP) is 3.97. The van der Waals surface area contributed by atoms with Crippen LogP contribution in [0.1, 0.15) is 38.7 Å². The minimum Gasteiger partial charge on any atom is -0.399 e. The summed E-state index contributed by atoms with van der Waals surface area (Å²) in [5.74, 6) is 0. The molecule has 17 heavy (non-hydrogen) atoms. The largest absolute Gasteiger partial charge is 0.399 e. The minimum absolute atomic E-state index is 0.633. The quantitative estimate of drug-likeness (QED) is 0.837. The molecule has 1 unspecified atom stereocenters. The number of anilines is 2. The van der Waals surface area contributed by atoms with Gasteiger partial charge in [-0.05, 0) is 66.2 Å². The summed E-state index contributed by atoms with van der Waals surface area (Å²) in [6, 6.07) is 4.77. The average molecular weight is 297 g/mol. The molecule has 1 aromatic carbocycles. The highest BCUT2D eigenvalue weighted by atomic mass is 79.9. The first-order valence-corrected chi connectivity index (χ1v) is 7.27. The monoisotopic (exact) mass is 296 g/mol. The third kappa shape index (κ3) is 2.59. The maximum atomic E-state index is 5.92. The second-order valence-corrected chi connectivity index (χ2v) is 5.76. The van der Waals surface area contributed by atoms with E-state index in [0.29, 0.717) is 6.04 Å². The van der Waals surface area contributed by atoms with E-state index in [-0.39, 0.29) is 0 Å². The van der Waals surface area contributed by atoms with E-state index in [2.05, 4.69) is 40.7 Å². The van der Waals surface area contributed by atoms with E-state index in [1.165, 1.54) is 30.5 Å². The Kier molecular flexibility index (Phi) is 3.97. The van der Waals surface area contributed by atoms with Crippen LogP contribution < -0.4 is 10.6 Å². The van der Waals surface area contributed by atoms with E-state index in [1.54, 1.807) is 0 Å². The lowest BCUT2D eigenvalue weighted by atomic mass is 10.00. The molecule has 0 radical (unpaired) electrons. The molecule has 1 saturated heterocycles. The van der Waals surface area contributed by atoms with Gasteiger partial charge in [0.1, 0.15) is 0 Å². The van der Waals surface area contributed by atoms with Crippen molar-refractivity contribution in [1.29, 1.82) is 0 Å². The summed E-state index contributed by atoms with van der Waals surface area (Å²) in [6.07, 6.45) is 4.97. The van der Waals surface area contributed by atoms with Gasteiger partial charge in [-0.2, -0.15) is 0 Å². The first-order chi connectivity index (χ1) is 8.13. The zero-order valence-corrected chi connectivity index (χ0v) is 12.3. The van der Waals surface area contributed by atoms with Gasteiger partial charge in [-0.15, -0.1) is 0 Å². The lowest BCUT2D eigenvalue weighted by Crippen LogP contribution is -2.38. The first kappa shape index (κ1) is 12.7. The van der Waals surface area contributed by atoms with Crippen LogP contribution >= 0.6 is 15.9 Å². The summed E-state index contributed by atoms with van der Waals surface area (Å²) in [7, 11) is 0. The minimum atomic E-state index is 0.633. The standard InChI is InChI=1S/C14H21BrN2/c1-3-11-8-12(16)9-13(15)14(11)17-7-5-4-6-10(17)2/h8-10H,3-7,16H2,1-2H3. The molecule has 0 bridgehead atoms. The lowest BCUT2D eigenvalue weighted by molar-refractivity contribution is 0.483. The molecule has 0 aromatic heterocycles. The van der Waals surface area contributed by atoms with Crippen molar-refractivity contribution in [2.45, 2.75) is 45.6 Å². The molecule has 1 aliphatic heterocycles. The molecule has 2 rings (SSSR count). The number of nitrogen functional groups attached to an aromatic ring is 1. The van der Waals surface area contributed by atoms with Gasteiger partial charge in [0.2, 0.25) is 0 Å². The molecule has 1 atom stereocenters. The summed E-state index contributed by atoms with van der Waals surface area (Å²) in [5.41, 5.74) is 9.48. The normalized spacial score (nSPS) is 20.6. The number of rotatable bonds is 2. The Morgan fingerprint density at radius 2 is 2.18 bits per heavy atom. The van der Waals surface area contributed by atoms with Crippen molar-refractivity contribution in [1.82, 2.24) is 0 Å². The van der Waals surface area contributed by atoms with Crippen LogP contribution in [-0.2, 0) is 6.42 Å². The van der Waals surface area contributed by atoms with Gasteiger partial charge in [0.15, 0.2) is 0 Å². The Bertz CT molecular complexity index is 403. The van der Waals surface area contributed by atoms with Crippen molar-refractivity contribution < 1.29 is 0 Å². The summed E-state index contributed by atoms with van der Waals surface area (Å²) in [4.78, 5) is 2.53. The van der Waals surface area contributed by atoms with Gasteiger partial charge in [0.25, 0.3) is 0 Å². The second kappa shape index (κ2) is 5.30. The van der Waals surface area contributed by atoms with Crippen molar-refractivity contribution >= 4 is 27.3 Å². The van der Waals surface area contributed by atoms with E-state index in [4.69, 9.17) is 5.73 Å². The van der Waals surface area contributed by atoms with Crippen LogP contribution in [0, 0.1) is 0 Å². The molecule has 1 heterocycles. The van der Waals surface area contributed by atoms with Gasteiger partial charge in [0.05, 0.1) is 5.69 Å². The summed E-state index contributed by atoms with van der Waals surface area (Å²) in [6.45, 7) is 5.68. The van der Waals surface area contributed by atoms with Crippen LogP contribution in [0.2, 0.25) is 0 Å². The number of nitrogens with two attached hydrogens (primary N) is 1. The number of piperidine rings is 1. The third-order valence-electron chi connectivity index (χ3n) is 3.64. The van der Waals surface area contributed by atoms with Crippen LogP contribution in [0.5, 0.6) is 0 Å². The highest BCUT2D eigenvalue weighted by molar-refractivity contribution is 9.10. The molecule has 3 heteroatoms. The fourth-order valence-electron chi connectivity index (χ4n) is 2.70. The Morgan fingerprint density at radius 1 is 1.41 bits per heavy atom. The van der Waals surface area contributed by atoms with Gasteiger partial charge in [0, 0.05) is 22.7 Å². The molecule has 0 spiro atoms. The van der Waals surface area contributed by atoms with Gasteiger partial charge in [-0.1, -0.05) is 6.92 Å². The Morgan fingerprint density at radius 3 is 2.82 bits per heavy atom. The van der Waals surface area contributed by atoms with Gasteiger partial charge in [-0.25, -0.2) is 0 Å². The van der Waals surface area contributed by atoms with Crippen molar-refractivity contribution in [3.63, 3.8) is 0 Å². The van der Waals surface area contributed by atoms with Crippen LogP contribution in [0.25, 0.3) is 0 Å². The number of hydrogen-bond donors (Lipinski definition) is 1. The van der Waals surface area contributed by atoms with Crippen LogP contribution in [0.3, 0.4) is 0 Å². The highest BCUT2D eigenvalue weighted by Gasteiger charge is 2.22. The molecule has 0 aliphatic carbocycles. The van der Waals surface area contributed by atoms with Gasteiger partial charge >= 0.3 is 0 Å². The zero-order valence-electron chi connectivity index (χ0n) is 10.7. The van der Waals surface area contributed by atoms with Crippen LogP contribution in [0.4, 0.5) is 11.4 Å². The fraction of sp³-hybridized carbons (Fsp3) is 0.571. The number of aryl methyl sites for hydroxylation is 1. The van der Waals surface area contributed by atoms with Crippen molar-refractivity contribution in [3.05, 3.63) is 22.2 Å². The number of hydrogen-bond acceptors (Lipinski definition) is 2. The number of halogens is 1. The predicted molar refractivity (Wildman–Crippen MR) is 78.6 cm³/mol. The highest BCUT2D eigenvalue weighted by Crippen LogP contribution is 2.36. The smallest absolute Gasteiger partial charge is 0.0547 e. The zero-order chi connectivity index (χ0) is 12.4. The topological polar surface area (TPSA) is 29.3 Å². The molecule has 2 N–H and O–H groups in total. The first-order valence-electron chi connectivity index (χ1n) is 6.48. The van der Waals surface area contributed by atoms with E-state index in [1.807, 2.05) is 6.07 Å². The summed E-state index contributed by atoms with van der Waals surface area (Å²) in [5, 5.41) is 0. The van der Waals surface area contributed by atoms with Crippen molar-refractivity contribution in [3.8, 4) is 0 Å².